The third-order valence-corrected chi connectivity index (χ3v) is 4.13. The standard InChI is InChI=1S/C15H12FN3OS/c1-8-4-11(17)7-18-14(8)19-15(20)13-5-9-2-3-10(16)6-12(9)21-13/h2-7H,17H2,1H3,(H,18,19,20). The monoisotopic (exact) mass is 301 g/mol. The summed E-state index contributed by atoms with van der Waals surface area (Å²) >= 11 is 1.24. The summed E-state index contributed by atoms with van der Waals surface area (Å²) in [5.74, 6) is -0.109. The fraction of sp³-hybridized carbons (Fsp3) is 0.0667. The minimum absolute atomic E-state index is 0.267. The van der Waals surface area contributed by atoms with Crippen molar-refractivity contribution >= 4 is 38.8 Å². The van der Waals surface area contributed by atoms with Crippen LogP contribution in [0.3, 0.4) is 0 Å². The van der Waals surface area contributed by atoms with Crippen molar-refractivity contribution in [3.8, 4) is 0 Å². The smallest absolute Gasteiger partial charge is 0.266 e. The van der Waals surface area contributed by atoms with Gasteiger partial charge < -0.3 is 11.1 Å². The van der Waals surface area contributed by atoms with E-state index < -0.39 is 0 Å². The van der Waals surface area contributed by atoms with Gasteiger partial charge >= 0.3 is 0 Å². The third-order valence-electron chi connectivity index (χ3n) is 3.04. The van der Waals surface area contributed by atoms with Crippen LogP contribution in [0.4, 0.5) is 15.9 Å². The van der Waals surface area contributed by atoms with Gasteiger partial charge in [0.1, 0.15) is 11.6 Å². The van der Waals surface area contributed by atoms with Crippen molar-refractivity contribution in [1.82, 2.24) is 4.98 Å². The molecule has 106 valence electrons. The number of nitrogens with two attached hydrogens (primary N) is 1. The van der Waals surface area contributed by atoms with Gasteiger partial charge in [-0.2, -0.15) is 0 Å². The molecule has 4 nitrogen and oxygen atoms in total. The van der Waals surface area contributed by atoms with Gasteiger partial charge in [-0.1, -0.05) is 6.07 Å². The maximum atomic E-state index is 13.2. The fourth-order valence-electron chi connectivity index (χ4n) is 2.01. The Morgan fingerprint density at radius 1 is 1.33 bits per heavy atom. The topological polar surface area (TPSA) is 68.0 Å². The summed E-state index contributed by atoms with van der Waals surface area (Å²) in [7, 11) is 0. The van der Waals surface area contributed by atoms with Crippen molar-refractivity contribution in [2.24, 2.45) is 0 Å². The van der Waals surface area contributed by atoms with E-state index >= 15 is 0 Å². The predicted molar refractivity (Wildman–Crippen MR) is 83.1 cm³/mol. The van der Waals surface area contributed by atoms with Crippen LogP contribution in [0.25, 0.3) is 10.1 Å². The molecule has 0 atom stereocenters. The largest absolute Gasteiger partial charge is 0.397 e. The van der Waals surface area contributed by atoms with E-state index in [4.69, 9.17) is 5.73 Å². The van der Waals surface area contributed by atoms with E-state index in [0.29, 0.717) is 16.4 Å². The SMILES string of the molecule is Cc1cc(N)cnc1NC(=O)c1cc2ccc(F)cc2s1. The lowest BCUT2D eigenvalue weighted by atomic mass is 10.2. The molecule has 21 heavy (non-hydrogen) atoms. The van der Waals surface area contributed by atoms with Crippen molar-refractivity contribution < 1.29 is 9.18 Å². The van der Waals surface area contributed by atoms with Gasteiger partial charge in [0, 0.05) is 4.70 Å². The number of thiophene rings is 1. The second-order valence-corrected chi connectivity index (χ2v) is 5.76. The molecule has 6 heteroatoms. The molecule has 3 rings (SSSR count). The molecule has 2 heterocycles. The molecule has 0 spiro atoms. The van der Waals surface area contributed by atoms with Crippen molar-refractivity contribution in [1.29, 1.82) is 0 Å². The highest BCUT2D eigenvalue weighted by molar-refractivity contribution is 7.20. The molecule has 0 bridgehead atoms. The molecule has 1 aromatic carbocycles. The molecule has 0 fully saturated rings. The molecule has 0 unspecified atom stereocenters. The second kappa shape index (κ2) is 5.14. The molecule has 3 N–H and O–H groups in total. The van der Waals surface area contributed by atoms with E-state index in [1.54, 1.807) is 18.2 Å². The Balaban J connectivity index is 1.89. The van der Waals surface area contributed by atoms with Gasteiger partial charge in [-0.3, -0.25) is 4.79 Å². The number of nitrogens with one attached hydrogen (secondary N) is 1. The van der Waals surface area contributed by atoms with Crippen molar-refractivity contribution in [3.05, 3.63) is 52.8 Å². The summed E-state index contributed by atoms with van der Waals surface area (Å²) in [6.07, 6.45) is 1.49. The van der Waals surface area contributed by atoms with Crippen LogP contribution in [0.1, 0.15) is 15.2 Å². The molecule has 0 saturated heterocycles. The maximum Gasteiger partial charge on any atom is 0.266 e. The quantitative estimate of drug-likeness (QED) is 0.760. The van der Waals surface area contributed by atoms with E-state index in [-0.39, 0.29) is 11.7 Å². The molecular weight excluding hydrogens is 289 g/mol. The van der Waals surface area contributed by atoms with Gasteiger partial charge in [0.05, 0.1) is 16.8 Å². The highest BCUT2D eigenvalue weighted by Crippen LogP contribution is 2.27. The molecule has 1 amide bonds. The molecule has 0 aliphatic rings. The Morgan fingerprint density at radius 2 is 2.14 bits per heavy atom. The number of rotatable bonds is 2. The first kappa shape index (κ1) is 13.5. The summed E-state index contributed by atoms with van der Waals surface area (Å²) in [4.78, 5) is 16.8. The number of halogens is 1. The van der Waals surface area contributed by atoms with Crippen molar-refractivity contribution in [2.75, 3.05) is 11.1 Å². The average Bonchev–Trinajstić information content (AvgIpc) is 2.85. The number of nitrogen functional groups attached to an aromatic ring is 1. The maximum absolute atomic E-state index is 13.2. The first-order valence-electron chi connectivity index (χ1n) is 6.25. The number of amides is 1. The third kappa shape index (κ3) is 2.71. The number of hydrogen-bond acceptors (Lipinski definition) is 4. The number of pyridine rings is 1. The van der Waals surface area contributed by atoms with Gasteiger partial charge in [0.25, 0.3) is 5.91 Å². The van der Waals surface area contributed by atoms with Crippen LogP contribution in [-0.4, -0.2) is 10.9 Å². The van der Waals surface area contributed by atoms with E-state index in [9.17, 15) is 9.18 Å². The summed E-state index contributed by atoms with van der Waals surface area (Å²) in [5.41, 5.74) is 6.96. The molecule has 0 saturated carbocycles. The van der Waals surface area contributed by atoms with Gasteiger partial charge in [-0.05, 0) is 42.1 Å². The van der Waals surface area contributed by atoms with Gasteiger partial charge in [0.15, 0.2) is 0 Å². The zero-order valence-electron chi connectivity index (χ0n) is 11.2. The fourth-order valence-corrected chi connectivity index (χ4v) is 3.00. The predicted octanol–water partition coefficient (Wildman–Crippen LogP) is 3.58. The van der Waals surface area contributed by atoms with Crippen LogP contribution in [-0.2, 0) is 0 Å². The Morgan fingerprint density at radius 3 is 2.90 bits per heavy atom. The van der Waals surface area contributed by atoms with E-state index in [1.165, 1.54) is 29.7 Å². The summed E-state index contributed by atoms with van der Waals surface area (Å²) in [6, 6.07) is 7.93. The first-order chi connectivity index (χ1) is 10.0. The number of aryl methyl sites for hydroxylation is 1. The van der Waals surface area contributed by atoms with E-state index in [1.807, 2.05) is 6.92 Å². The van der Waals surface area contributed by atoms with Crippen LogP contribution in [0, 0.1) is 12.7 Å². The second-order valence-electron chi connectivity index (χ2n) is 4.68. The molecule has 0 aliphatic heterocycles. The minimum atomic E-state index is -0.313. The Kier molecular flexibility index (Phi) is 3.31. The molecule has 2 aromatic heterocycles. The highest BCUT2D eigenvalue weighted by atomic mass is 32.1. The number of fused-ring (bicyclic) bond motifs is 1. The normalized spacial score (nSPS) is 10.8. The minimum Gasteiger partial charge on any atom is -0.397 e. The van der Waals surface area contributed by atoms with Crippen LogP contribution in [0.15, 0.2) is 36.5 Å². The summed E-state index contributed by atoms with van der Waals surface area (Å²) in [6.45, 7) is 1.82. The average molecular weight is 301 g/mol. The Labute approximate surface area is 124 Å². The zero-order chi connectivity index (χ0) is 15.0. The number of hydrogen-bond donors (Lipinski definition) is 2. The lowest BCUT2D eigenvalue weighted by molar-refractivity contribution is 0.103. The van der Waals surface area contributed by atoms with Crippen LogP contribution in [0.5, 0.6) is 0 Å². The number of anilines is 2. The molecule has 0 aliphatic carbocycles. The van der Waals surface area contributed by atoms with E-state index in [2.05, 4.69) is 10.3 Å². The molecular formula is C15H12FN3OS. The van der Waals surface area contributed by atoms with Gasteiger partial charge in [0.2, 0.25) is 0 Å². The molecule has 3 aromatic rings. The number of aromatic nitrogens is 1. The number of benzene rings is 1. The Hall–Kier alpha value is -2.47. The van der Waals surface area contributed by atoms with Crippen molar-refractivity contribution in [2.45, 2.75) is 6.92 Å². The lowest BCUT2D eigenvalue weighted by Gasteiger charge is -2.06. The van der Waals surface area contributed by atoms with Crippen LogP contribution >= 0.6 is 11.3 Å². The molecule has 0 radical (unpaired) electrons. The summed E-state index contributed by atoms with van der Waals surface area (Å²) in [5, 5.41) is 3.58. The number of carbonyl (C=O) groups excluding carboxylic acids is 1. The van der Waals surface area contributed by atoms with Crippen LogP contribution in [0.2, 0.25) is 0 Å². The number of carbonyl (C=O) groups is 1. The summed E-state index contributed by atoms with van der Waals surface area (Å²) < 4.78 is 13.9. The van der Waals surface area contributed by atoms with E-state index in [0.717, 1.165) is 15.6 Å². The first-order valence-corrected chi connectivity index (χ1v) is 7.07. The lowest BCUT2D eigenvalue weighted by Crippen LogP contribution is -2.12. The van der Waals surface area contributed by atoms with Gasteiger partial charge in [-0.25, -0.2) is 9.37 Å². The highest BCUT2D eigenvalue weighted by Gasteiger charge is 2.12. The zero-order valence-corrected chi connectivity index (χ0v) is 12.0. The Bertz CT molecular complexity index is 844. The van der Waals surface area contributed by atoms with Crippen LogP contribution < -0.4 is 11.1 Å². The number of nitrogens with zero attached hydrogens (tertiary/aromatic N) is 1. The van der Waals surface area contributed by atoms with Gasteiger partial charge in [-0.15, -0.1) is 11.3 Å². The van der Waals surface area contributed by atoms with Crippen molar-refractivity contribution in [3.63, 3.8) is 0 Å².